The molecule has 2 unspecified atom stereocenters. The van der Waals surface area contributed by atoms with E-state index in [1.807, 2.05) is 16.6 Å². The van der Waals surface area contributed by atoms with E-state index in [-0.39, 0.29) is 24.4 Å². The average molecular weight is 409 g/mol. The van der Waals surface area contributed by atoms with Crippen LogP contribution in [0.4, 0.5) is 5.82 Å². The summed E-state index contributed by atoms with van der Waals surface area (Å²) >= 11 is 0. The second kappa shape index (κ2) is 7.81. The predicted molar refractivity (Wildman–Crippen MR) is 115 cm³/mol. The lowest BCUT2D eigenvalue weighted by molar-refractivity contribution is -0.00558. The summed E-state index contributed by atoms with van der Waals surface area (Å²) in [6, 6.07) is 10.9. The van der Waals surface area contributed by atoms with Crippen molar-refractivity contribution in [3.8, 4) is 0 Å². The van der Waals surface area contributed by atoms with E-state index in [1.54, 1.807) is 44.3 Å². The second-order valence-electron chi connectivity index (χ2n) is 8.61. The van der Waals surface area contributed by atoms with E-state index in [9.17, 15) is 9.90 Å². The molecule has 1 aliphatic heterocycles. The molecule has 30 heavy (non-hydrogen) atoms. The zero-order valence-corrected chi connectivity index (χ0v) is 17.9. The maximum atomic E-state index is 12.9. The van der Waals surface area contributed by atoms with Crippen LogP contribution < -0.4 is 4.90 Å². The number of morpholine rings is 1. The van der Waals surface area contributed by atoms with Crippen LogP contribution in [0.2, 0.25) is 0 Å². The van der Waals surface area contributed by atoms with E-state index in [2.05, 4.69) is 28.8 Å². The number of benzene rings is 1. The van der Waals surface area contributed by atoms with Crippen molar-refractivity contribution in [2.75, 3.05) is 18.0 Å². The molecule has 0 aliphatic carbocycles. The first-order valence-electron chi connectivity index (χ1n) is 10.3. The number of ketones is 1. The summed E-state index contributed by atoms with van der Waals surface area (Å²) in [5.41, 5.74) is 1.88. The fourth-order valence-electron chi connectivity index (χ4n) is 3.96. The number of aromatic nitrogens is 3. The van der Waals surface area contributed by atoms with E-state index in [4.69, 9.17) is 4.74 Å². The molecular formula is C23H28N4O3. The molecule has 3 heterocycles. The molecule has 0 saturated carbocycles. The van der Waals surface area contributed by atoms with E-state index in [0.717, 1.165) is 30.1 Å². The van der Waals surface area contributed by atoms with Crippen LogP contribution in [0.25, 0.3) is 5.65 Å². The molecule has 158 valence electrons. The highest BCUT2D eigenvalue weighted by atomic mass is 16.5. The number of Topliss-reactive ketones (excluding diaryl/α,β-unsaturated/α-hetero) is 1. The van der Waals surface area contributed by atoms with Crippen LogP contribution >= 0.6 is 0 Å². The largest absolute Gasteiger partial charge is 0.386 e. The number of nitrogens with zero attached hydrogens (tertiary/aromatic N) is 4. The quantitative estimate of drug-likeness (QED) is 0.654. The van der Waals surface area contributed by atoms with E-state index >= 15 is 0 Å². The zero-order chi connectivity index (χ0) is 21.5. The van der Waals surface area contributed by atoms with Gasteiger partial charge < -0.3 is 14.7 Å². The highest BCUT2D eigenvalue weighted by Gasteiger charge is 2.25. The van der Waals surface area contributed by atoms with Crippen molar-refractivity contribution in [1.29, 1.82) is 0 Å². The fourth-order valence-corrected chi connectivity index (χ4v) is 3.96. The van der Waals surface area contributed by atoms with Gasteiger partial charge >= 0.3 is 0 Å². The number of ether oxygens (including phenoxy) is 1. The monoisotopic (exact) mass is 408 g/mol. The van der Waals surface area contributed by atoms with Crippen molar-refractivity contribution in [3.63, 3.8) is 0 Å². The highest BCUT2D eigenvalue weighted by molar-refractivity contribution is 5.97. The van der Waals surface area contributed by atoms with Gasteiger partial charge in [-0.15, -0.1) is 0 Å². The van der Waals surface area contributed by atoms with Crippen molar-refractivity contribution in [2.45, 2.75) is 51.9 Å². The number of anilines is 1. The van der Waals surface area contributed by atoms with Gasteiger partial charge in [0, 0.05) is 30.8 Å². The smallest absolute Gasteiger partial charge is 0.168 e. The second-order valence-corrected chi connectivity index (χ2v) is 8.61. The zero-order valence-electron chi connectivity index (χ0n) is 17.9. The van der Waals surface area contributed by atoms with E-state index < -0.39 is 5.60 Å². The third kappa shape index (κ3) is 4.22. The number of hydrogen-bond donors (Lipinski definition) is 1. The Morgan fingerprint density at radius 1 is 1.17 bits per heavy atom. The molecule has 1 saturated heterocycles. The van der Waals surface area contributed by atoms with Gasteiger partial charge in [0.25, 0.3) is 0 Å². The van der Waals surface area contributed by atoms with Gasteiger partial charge in [0.15, 0.2) is 11.4 Å². The third-order valence-electron chi connectivity index (χ3n) is 5.39. The maximum Gasteiger partial charge on any atom is 0.168 e. The molecule has 3 aromatic rings. The molecule has 0 spiro atoms. The van der Waals surface area contributed by atoms with Gasteiger partial charge in [-0.1, -0.05) is 24.3 Å². The number of carbonyl (C=O) groups is 1. The maximum absolute atomic E-state index is 12.9. The van der Waals surface area contributed by atoms with E-state index in [0.29, 0.717) is 11.3 Å². The first-order valence-corrected chi connectivity index (χ1v) is 10.3. The Labute approximate surface area is 176 Å². The summed E-state index contributed by atoms with van der Waals surface area (Å²) < 4.78 is 7.67. The number of rotatable bonds is 5. The summed E-state index contributed by atoms with van der Waals surface area (Å²) in [5, 5.41) is 14.5. The van der Waals surface area contributed by atoms with Crippen molar-refractivity contribution in [1.82, 2.24) is 14.6 Å². The van der Waals surface area contributed by atoms with Gasteiger partial charge in [-0.05, 0) is 33.3 Å². The molecule has 2 atom stereocenters. The molecular weight excluding hydrogens is 380 g/mol. The summed E-state index contributed by atoms with van der Waals surface area (Å²) in [6.07, 6.45) is 2.16. The average Bonchev–Trinajstić information content (AvgIpc) is 3.14. The molecule has 7 heteroatoms. The first-order chi connectivity index (χ1) is 14.2. The minimum absolute atomic E-state index is 0.0108. The molecule has 2 aromatic heterocycles. The third-order valence-corrected chi connectivity index (χ3v) is 5.39. The Morgan fingerprint density at radius 2 is 1.83 bits per heavy atom. The molecule has 0 bridgehead atoms. The van der Waals surface area contributed by atoms with Crippen molar-refractivity contribution >= 4 is 17.2 Å². The van der Waals surface area contributed by atoms with Crippen LogP contribution in [0.3, 0.4) is 0 Å². The topological polar surface area (TPSA) is 80.0 Å². The lowest BCUT2D eigenvalue weighted by Gasteiger charge is -2.36. The van der Waals surface area contributed by atoms with Gasteiger partial charge in [0.1, 0.15) is 5.82 Å². The molecule has 4 rings (SSSR count). The minimum Gasteiger partial charge on any atom is -0.386 e. The lowest BCUT2D eigenvalue weighted by atomic mass is 9.96. The first kappa shape index (κ1) is 20.5. The molecule has 1 aromatic carbocycles. The Hall–Kier alpha value is -2.77. The van der Waals surface area contributed by atoms with Gasteiger partial charge in [-0.2, -0.15) is 9.61 Å². The Balaban J connectivity index is 1.61. The van der Waals surface area contributed by atoms with Crippen LogP contribution in [-0.4, -0.2) is 50.8 Å². The summed E-state index contributed by atoms with van der Waals surface area (Å²) in [5.74, 6) is 0.913. The Morgan fingerprint density at radius 3 is 2.47 bits per heavy atom. The van der Waals surface area contributed by atoms with Crippen molar-refractivity contribution < 1.29 is 14.6 Å². The number of aliphatic hydroxyl groups is 1. The van der Waals surface area contributed by atoms with Crippen LogP contribution in [0.1, 0.15) is 49.3 Å². The van der Waals surface area contributed by atoms with E-state index in [1.165, 1.54) is 0 Å². The van der Waals surface area contributed by atoms with Gasteiger partial charge in [-0.3, -0.25) is 4.79 Å². The standard InChI is InChI=1S/C23H28N4O3/c1-15-13-26(14-16(2)30-15)22-12-19(25-21-9-10-24-27(21)22)11-20(28)17-5-7-18(8-6-17)23(3,4)29/h5-10,12,15-16,29H,11,13-14H2,1-4H3. The summed E-state index contributed by atoms with van der Waals surface area (Å²) in [6.45, 7) is 9.09. The van der Waals surface area contributed by atoms with Gasteiger partial charge in [0.2, 0.25) is 0 Å². The van der Waals surface area contributed by atoms with Crippen LogP contribution in [-0.2, 0) is 16.8 Å². The van der Waals surface area contributed by atoms with Gasteiger partial charge in [0.05, 0.1) is 36.1 Å². The number of carbonyl (C=O) groups excluding carboxylic acids is 1. The van der Waals surface area contributed by atoms with Crippen LogP contribution in [0.15, 0.2) is 42.6 Å². The molecule has 7 nitrogen and oxygen atoms in total. The van der Waals surface area contributed by atoms with Crippen molar-refractivity contribution in [3.05, 3.63) is 59.4 Å². The molecule has 1 fully saturated rings. The summed E-state index contributed by atoms with van der Waals surface area (Å²) in [7, 11) is 0. The predicted octanol–water partition coefficient (Wildman–Crippen LogP) is 3.00. The normalized spacial score (nSPS) is 20.0. The Bertz CT molecular complexity index is 1040. The molecule has 0 amide bonds. The van der Waals surface area contributed by atoms with Crippen LogP contribution in [0, 0.1) is 0 Å². The Kier molecular flexibility index (Phi) is 5.34. The lowest BCUT2D eigenvalue weighted by Crippen LogP contribution is -2.46. The SMILES string of the molecule is CC1CN(c2cc(CC(=O)c3ccc(C(C)(C)O)cc3)nc3ccnn23)CC(C)O1. The molecule has 1 aliphatic rings. The summed E-state index contributed by atoms with van der Waals surface area (Å²) in [4.78, 5) is 19.8. The number of fused-ring (bicyclic) bond motifs is 1. The fraction of sp³-hybridized carbons (Fsp3) is 0.435. The minimum atomic E-state index is -0.933. The molecule has 0 radical (unpaired) electrons. The van der Waals surface area contributed by atoms with Crippen molar-refractivity contribution in [2.24, 2.45) is 0 Å². The van der Waals surface area contributed by atoms with Gasteiger partial charge in [-0.25, -0.2) is 4.98 Å². The van der Waals surface area contributed by atoms with Crippen LogP contribution in [0.5, 0.6) is 0 Å². The highest BCUT2D eigenvalue weighted by Crippen LogP contribution is 2.24. The number of hydrogen-bond acceptors (Lipinski definition) is 6. The molecule has 1 N–H and O–H groups in total.